The first-order chi connectivity index (χ1) is 8.85. The van der Waals surface area contributed by atoms with Crippen LogP contribution >= 0.6 is 0 Å². The number of isocyanates is 1. The molecule has 0 saturated carbocycles. The van der Waals surface area contributed by atoms with Gasteiger partial charge in [0.15, 0.2) is 0 Å². The molecule has 2 rings (SSSR count). The summed E-state index contributed by atoms with van der Waals surface area (Å²) >= 11 is 0. The van der Waals surface area contributed by atoms with Crippen molar-refractivity contribution in [2.75, 3.05) is 26.7 Å². The summed E-state index contributed by atoms with van der Waals surface area (Å²) in [5, 5.41) is 0. The lowest BCUT2D eigenvalue weighted by molar-refractivity contribution is 0.343. The summed E-state index contributed by atoms with van der Waals surface area (Å²) in [6.07, 6.45) is 5.07. The summed E-state index contributed by atoms with van der Waals surface area (Å²) in [7, 11) is 1.59. The summed E-state index contributed by atoms with van der Waals surface area (Å²) in [4.78, 5) is 16.7. The van der Waals surface area contributed by atoms with Crippen molar-refractivity contribution in [1.82, 2.24) is 4.90 Å². The van der Waals surface area contributed by atoms with Crippen LogP contribution in [0.4, 0.5) is 5.69 Å². The second kappa shape index (κ2) is 6.34. The van der Waals surface area contributed by atoms with Gasteiger partial charge in [0.2, 0.25) is 6.08 Å². The number of aliphatic imine (C=N–C) groups is 1. The quantitative estimate of drug-likeness (QED) is 0.591. The highest BCUT2D eigenvalue weighted by Gasteiger charge is 2.13. The van der Waals surface area contributed by atoms with Crippen molar-refractivity contribution in [2.24, 2.45) is 4.99 Å². The van der Waals surface area contributed by atoms with Crippen LogP contribution in [0, 0.1) is 0 Å². The minimum Gasteiger partial charge on any atom is -0.494 e. The first kappa shape index (κ1) is 12.8. The van der Waals surface area contributed by atoms with Gasteiger partial charge in [0.25, 0.3) is 0 Å². The molecule has 0 aromatic heterocycles. The largest absolute Gasteiger partial charge is 0.494 e. The van der Waals surface area contributed by atoms with Gasteiger partial charge in [0.1, 0.15) is 11.4 Å². The van der Waals surface area contributed by atoms with E-state index < -0.39 is 0 Å². The van der Waals surface area contributed by atoms with Crippen molar-refractivity contribution in [2.45, 2.75) is 19.3 Å². The minimum atomic E-state index is 0.620. The van der Waals surface area contributed by atoms with Crippen molar-refractivity contribution >= 4 is 11.8 Å². The van der Waals surface area contributed by atoms with Gasteiger partial charge in [-0.2, -0.15) is 4.99 Å². The molecule has 1 aromatic carbocycles. The van der Waals surface area contributed by atoms with Crippen molar-refractivity contribution in [3.63, 3.8) is 0 Å². The number of nitrogens with zero attached hydrogens (tertiary/aromatic N) is 2. The Morgan fingerprint density at radius 3 is 2.83 bits per heavy atom. The number of para-hydroxylation sites is 1. The molecule has 4 heteroatoms. The lowest BCUT2D eigenvalue weighted by Crippen LogP contribution is -2.21. The van der Waals surface area contributed by atoms with Crippen LogP contribution in [0.15, 0.2) is 23.2 Å². The van der Waals surface area contributed by atoms with Crippen LogP contribution in [0.5, 0.6) is 5.75 Å². The fourth-order valence-corrected chi connectivity index (χ4v) is 2.39. The SMILES string of the molecule is COc1cccc(CCN2CCCC2)c1N=C=O. The molecule has 0 amide bonds. The molecule has 18 heavy (non-hydrogen) atoms. The van der Waals surface area contributed by atoms with Crippen LogP contribution in [0.25, 0.3) is 0 Å². The summed E-state index contributed by atoms with van der Waals surface area (Å²) in [6, 6.07) is 5.74. The van der Waals surface area contributed by atoms with Crippen molar-refractivity contribution in [1.29, 1.82) is 0 Å². The molecule has 4 nitrogen and oxygen atoms in total. The molecule has 1 aliphatic heterocycles. The predicted molar refractivity (Wildman–Crippen MR) is 70.2 cm³/mol. The monoisotopic (exact) mass is 246 g/mol. The number of rotatable bonds is 5. The van der Waals surface area contributed by atoms with E-state index in [4.69, 9.17) is 4.74 Å². The number of benzene rings is 1. The van der Waals surface area contributed by atoms with Crippen LogP contribution in [0.2, 0.25) is 0 Å². The molecule has 0 spiro atoms. The van der Waals surface area contributed by atoms with Crippen molar-refractivity contribution in [3.05, 3.63) is 23.8 Å². The molecular weight excluding hydrogens is 228 g/mol. The second-order valence-corrected chi connectivity index (χ2v) is 4.47. The summed E-state index contributed by atoms with van der Waals surface area (Å²) in [6.45, 7) is 3.36. The number of hydrogen-bond acceptors (Lipinski definition) is 4. The third kappa shape index (κ3) is 2.97. The maximum absolute atomic E-state index is 10.5. The summed E-state index contributed by atoms with van der Waals surface area (Å²) < 4.78 is 5.22. The molecule has 1 aromatic rings. The fourth-order valence-electron chi connectivity index (χ4n) is 2.39. The van der Waals surface area contributed by atoms with Crippen LogP contribution in [0.3, 0.4) is 0 Å². The van der Waals surface area contributed by atoms with Gasteiger partial charge in [-0.25, -0.2) is 4.79 Å². The minimum absolute atomic E-state index is 0.620. The highest BCUT2D eigenvalue weighted by atomic mass is 16.5. The van der Waals surface area contributed by atoms with E-state index in [9.17, 15) is 4.79 Å². The Hall–Kier alpha value is -1.64. The molecule has 0 bridgehead atoms. The number of ether oxygens (including phenoxy) is 1. The van der Waals surface area contributed by atoms with Gasteiger partial charge in [-0.15, -0.1) is 0 Å². The zero-order valence-corrected chi connectivity index (χ0v) is 10.7. The average molecular weight is 246 g/mol. The van der Waals surface area contributed by atoms with Crippen LogP contribution in [-0.2, 0) is 11.2 Å². The number of methoxy groups -OCH3 is 1. The van der Waals surface area contributed by atoms with Crippen LogP contribution in [0.1, 0.15) is 18.4 Å². The maximum Gasteiger partial charge on any atom is 0.240 e. The van der Waals surface area contributed by atoms with Crippen molar-refractivity contribution < 1.29 is 9.53 Å². The maximum atomic E-state index is 10.5. The Labute approximate surface area is 107 Å². The van der Waals surface area contributed by atoms with Gasteiger partial charge < -0.3 is 9.64 Å². The third-order valence-electron chi connectivity index (χ3n) is 3.36. The third-order valence-corrected chi connectivity index (χ3v) is 3.36. The standard InChI is InChI=1S/C14H18N2O2/c1-18-13-6-4-5-12(14(13)15-11-17)7-10-16-8-2-3-9-16/h4-6H,2-3,7-10H2,1H3. The Bertz CT molecular complexity index is 447. The smallest absolute Gasteiger partial charge is 0.240 e. The lowest BCUT2D eigenvalue weighted by atomic mass is 10.1. The zero-order valence-electron chi connectivity index (χ0n) is 10.7. The zero-order chi connectivity index (χ0) is 12.8. The molecule has 1 aliphatic rings. The first-order valence-corrected chi connectivity index (χ1v) is 6.31. The van der Waals surface area contributed by atoms with Gasteiger partial charge in [-0.05, 0) is 44.0 Å². The fraction of sp³-hybridized carbons (Fsp3) is 0.500. The molecule has 1 saturated heterocycles. The highest BCUT2D eigenvalue weighted by Crippen LogP contribution is 2.31. The highest BCUT2D eigenvalue weighted by molar-refractivity contribution is 5.62. The van der Waals surface area contributed by atoms with E-state index in [2.05, 4.69) is 9.89 Å². The van der Waals surface area contributed by atoms with Crippen molar-refractivity contribution in [3.8, 4) is 5.75 Å². The molecule has 0 N–H and O–H groups in total. The molecule has 0 unspecified atom stereocenters. The summed E-state index contributed by atoms with van der Waals surface area (Å²) in [5.41, 5.74) is 1.67. The second-order valence-electron chi connectivity index (χ2n) is 4.47. The number of hydrogen-bond donors (Lipinski definition) is 0. The van der Waals surface area contributed by atoms with E-state index in [1.807, 2.05) is 18.2 Å². The number of likely N-dealkylation sites (tertiary alicyclic amines) is 1. The molecule has 0 aliphatic carbocycles. The topological polar surface area (TPSA) is 41.9 Å². The van der Waals surface area contributed by atoms with E-state index in [0.29, 0.717) is 11.4 Å². The average Bonchev–Trinajstić information content (AvgIpc) is 2.91. The van der Waals surface area contributed by atoms with Gasteiger partial charge >= 0.3 is 0 Å². The molecular formula is C14H18N2O2. The first-order valence-electron chi connectivity index (χ1n) is 6.31. The van der Waals surface area contributed by atoms with E-state index in [1.54, 1.807) is 13.2 Å². The van der Waals surface area contributed by atoms with Gasteiger partial charge in [0.05, 0.1) is 7.11 Å². The van der Waals surface area contributed by atoms with Gasteiger partial charge in [-0.1, -0.05) is 12.1 Å². The number of carbonyl (C=O) groups excluding carboxylic acids is 1. The Balaban J connectivity index is 2.12. The van der Waals surface area contributed by atoms with Gasteiger partial charge in [-0.3, -0.25) is 0 Å². The van der Waals surface area contributed by atoms with E-state index in [1.165, 1.54) is 25.9 Å². The van der Waals surface area contributed by atoms with E-state index >= 15 is 0 Å². The van der Waals surface area contributed by atoms with Crippen LogP contribution in [-0.4, -0.2) is 37.7 Å². The molecule has 96 valence electrons. The molecule has 1 fully saturated rings. The Morgan fingerprint density at radius 2 is 2.17 bits per heavy atom. The van der Waals surface area contributed by atoms with E-state index in [0.717, 1.165) is 18.5 Å². The predicted octanol–water partition coefficient (Wildman–Crippen LogP) is 2.30. The lowest BCUT2D eigenvalue weighted by Gasteiger charge is -2.15. The van der Waals surface area contributed by atoms with Crippen LogP contribution < -0.4 is 4.74 Å². The molecule has 1 heterocycles. The summed E-state index contributed by atoms with van der Waals surface area (Å²) in [5.74, 6) is 0.636. The van der Waals surface area contributed by atoms with E-state index in [-0.39, 0.29) is 0 Å². The molecule has 0 atom stereocenters. The Morgan fingerprint density at radius 1 is 1.39 bits per heavy atom. The molecule has 0 radical (unpaired) electrons. The van der Waals surface area contributed by atoms with Gasteiger partial charge in [0, 0.05) is 6.54 Å². The Kier molecular flexibility index (Phi) is 4.51. The normalized spacial score (nSPS) is 15.4.